The van der Waals surface area contributed by atoms with E-state index in [-0.39, 0.29) is 6.29 Å². The second kappa shape index (κ2) is 7.51. The Balaban J connectivity index is 2.40. The van der Waals surface area contributed by atoms with Crippen molar-refractivity contribution in [2.75, 3.05) is 13.2 Å². The lowest BCUT2D eigenvalue weighted by atomic mass is 10.0. The number of rotatable bonds is 7. The molecular weight excluding hydrogens is 258 g/mol. The summed E-state index contributed by atoms with van der Waals surface area (Å²) in [6.45, 7) is -0.151. The Kier molecular flexibility index (Phi) is 5.67. The van der Waals surface area contributed by atoms with Gasteiger partial charge in [0.15, 0.2) is 6.29 Å². The van der Waals surface area contributed by atoms with E-state index in [0.717, 1.165) is 5.31 Å². The van der Waals surface area contributed by atoms with Crippen LogP contribution in [0.4, 0.5) is 0 Å². The van der Waals surface area contributed by atoms with Crippen LogP contribution in [0.3, 0.4) is 0 Å². The largest absolute Gasteiger partial charge is 0.462 e. The van der Waals surface area contributed by atoms with E-state index in [1.165, 1.54) is 0 Å². The third-order valence-electron chi connectivity index (χ3n) is 2.89. The van der Waals surface area contributed by atoms with Crippen molar-refractivity contribution in [2.45, 2.75) is 43.3 Å². The smallest absolute Gasteiger partial charge is 0.323 e. The van der Waals surface area contributed by atoms with Gasteiger partial charge in [-0.1, -0.05) is 0 Å². The van der Waals surface area contributed by atoms with Crippen molar-refractivity contribution in [3.63, 3.8) is 0 Å². The summed E-state index contributed by atoms with van der Waals surface area (Å²) in [5.74, 6) is -0.700. The van der Waals surface area contributed by atoms with E-state index in [9.17, 15) is 24.9 Å². The molecule has 0 aromatic rings. The molecule has 1 heterocycles. The molecule has 110 valence electrons. The van der Waals surface area contributed by atoms with Gasteiger partial charge in [0, 0.05) is 0 Å². The fraction of sp³-hybridized carbons (Fsp3) is 0.818. The van der Waals surface area contributed by atoms with Crippen LogP contribution in [0, 0.1) is 0 Å². The summed E-state index contributed by atoms with van der Waals surface area (Å²) in [4.78, 5) is 21.8. The molecule has 0 unspecified atom stereocenters. The molecule has 1 aliphatic heterocycles. The normalized spacial score (nSPS) is 27.2. The monoisotopic (exact) mass is 278 g/mol. The summed E-state index contributed by atoms with van der Waals surface area (Å²) < 4.78 is 12.2. The quantitative estimate of drug-likeness (QED) is 0.244. The summed E-state index contributed by atoms with van der Waals surface area (Å²) in [5, 5.41) is 38.4. The molecule has 0 aliphatic carbocycles. The maximum absolute atomic E-state index is 11.6. The van der Waals surface area contributed by atoms with Crippen LogP contribution >= 0.6 is 0 Å². The number of carbonyl (C=O) groups is 2. The van der Waals surface area contributed by atoms with Crippen molar-refractivity contribution < 1.29 is 36.2 Å². The second-order valence-corrected chi connectivity index (χ2v) is 4.37. The zero-order chi connectivity index (χ0) is 15.3. The van der Waals surface area contributed by atoms with Crippen molar-refractivity contribution >= 4 is 12.3 Å². The van der Waals surface area contributed by atoms with E-state index in [4.69, 9.17) is 11.3 Å². The third kappa shape index (κ3) is 4.51. The van der Waals surface area contributed by atoms with E-state index in [0.29, 0.717) is 19.4 Å². The molecule has 1 saturated heterocycles. The Hall–Kier alpha value is -1.06. The lowest BCUT2D eigenvalue weighted by molar-refractivity contribution is -0.157. The van der Waals surface area contributed by atoms with Gasteiger partial charge in [-0.15, -0.1) is 0 Å². The minimum absolute atomic E-state index is 0.0170. The van der Waals surface area contributed by atoms with Crippen LogP contribution in [0.5, 0.6) is 0 Å². The molecule has 0 bridgehead atoms. The lowest BCUT2D eigenvalue weighted by Crippen LogP contribution is -2.47. The Bertz CT molecular complexity index is 343. The molecule has 8 heteroatoms. The molecule has 1 aliphatic rings. The van der Waals surface area contributed by atoms with E-state index < -0.39 is 43.0 Å². The number of hydrogen-bond donors (Lipinski definition) is 5. The minimum atomic E-state index is -1.87. The number of nitrogens with one attached hydrogen (secondary N) is 1. The number of carbonyl (C=O) groups excluding carboxylic acids is 2. The summed E-state index contributed by atoms with van der Waals surface area (Å²) in [7, 11) is 0. The highest BCUT2D eigenvalue weighted by molar-refractivity contribution is 5.76. The van der Waals surface area contributed by atoms with Gasteiger partial charge in [0.1, 0.15) is 38.5 Å². The number of aliphatic hydroxyl groups is 4. The number of esters is 1. The maximum Gasteiger partial charge on any atom is 0.323 e. The van der Waals surface area contributed by atoms with Crippen LogP contribution in [-0.4, -0.2) is 76.3 Å². The first-order chi connectivity index (χ1) is 9.38. The van der Waals surface area contributed by atoms with Crippen molar-refractivity contribution in [1.82, 2.24) is 5.31 Å². The van der Waals surface area contributed by atoms with Gasteiger partial charge in [0.05, 0.1) is 0 Å². The van der Waals surface area contributed by atoms with Crippen LogP contribution in [-0.2, 0) is 14.3 Å². The zero-order valence-corrected chi connectivity index (χ0v) is 10.3. The minimum Gasteiger partial charge on any atom is -0.462 e. The first-order valence-electron chi connectivity index (χ1n) is 6.43. The Morgan fingerprint density at radius 3 is 2.63 bits per heavy atom. The van der Waals surface area contributed by atoms with Crippen molar-refractivity contribution in [3.05, 3.63) is 0 Å². The average Bonchev–Trinajstić information content (AvgIpc) is 2.87. The topological polar surface area (TPSA) is 136 Å². The Morgan fingerprint density at radius 1 is 1.42 bits per heavy atom. The van der Waals surface area contributed by atoms with E-state index in [1.807, 2.05) is 0 Å². The molecule has 19 heavy (non-hydrogen) atoms. The van der Waals surface area contributed by atoms with Gasteiger partial charge >= 0.3 is 5.97 Å². The summed E-state index contributed by atoms with van der Waals surface area (Å²) in [6, 6.07) is -0.704. The predicted molar refractivity (Wildman–Crippen MR) is 62.1 cm³/mol. The van der Waals surface area contributed by atoms with Gasteiger partial charge in [0.25, 0.3) is 0 Å². The Morgan fingerprint density at radius 2 is 2.11 bits per heavy atom. The third-order valence-corrected chi connectivity index (χ3v) is 2.89. The number of ether oxygens (including phenoxy) is 1. The summed E-state index contributed by atoms with van der Waals surface area (Å²) >= 11 is 0. The summed E-state index contributed by atoms with van der Waals surface area (Å²) in [6.07, 6.45) is -6.01. The molecular formula is C11H19NO7. The summed E-state index contributed by atoms with van der Waals surface area (Å²) in [5.41, 5.74) is 0. The van der Waals surface area contributed by atoms with Gasteiger partial charge < -0.3 is 35.3 Å². The zero-order valence-electron chi connectivity index (χ0n) is 11.3. The predicted octanol–water partition coefficient (Wildman–Crippen LogP) is -3.08. The number of hydrogen-bond acceptors (Lipinski definition) is 8. The molecule has 5 N–H and O–H groups in total. The molecule has 1 rings (SSSR count). The van der Waals surface area contributed by atoms with Gasteiger partial charge in [-0.2, -0.15) is 0 Å². The van der Waals surface area contributed by atoms with Crippen molar-refractivity contribution in [3.8, 4) is 0 Å². The highest BCUT2D eigenvalue weighted by atomic mass is 16.5. The maximum atomic E-state index is 11.6. The van der Waals surface area contributed by atoms with Crippen LogP contribution < -0.4 is 5.31 Å². The first kappa shape index (κ1) is 14.4. The first-order valence-corrected chi connectivity index (χ1v) is 5.98. The molecule has 0 saturated carbocycles. The second-order valence-electron chi connectivity index (χ2n) is 4.37. The lowest BCUT2D eigenvalue weighted by Gasteiger charge is -2.24. The molecule has 0 amide bonds. The number of aldehydes is 1. The highest BCUT2D eigenvalue weighted by Crippen LogP contribution is 2.09. The molecule has 0 aromatic carbocycles. The molecule has 0 spiro atoms. The molecule has 1 fully saturated rings. The van der Waals surface area contributed by atoms with E-state index >= 15 is 0 Å². The van der Waals surface area contributed by atoms with Crippen LogP contribution in [0.2, 0.25) is 1.41 Å². The highest BCUT2D eigenvalue weighted by Gasteiger charge is 2.32. The molecule has 0 radical (unpaired) electrons. The van der Waals surface area contributed by atoms with Gasteiger partial charge in [-0.25, -0.2) is 0 Å². The van der Waals surface area contributed by atoms with Gasteiger partial charge in [-0.3, -0.25) is 4.79 Å². The van der Waals surface area contributed by atoms with Crippen LogP contribution in [0.1, 0.15) is 12.8 Å². The van der Waals surface area contributed by atoms with E-state index in [2.05, 4.69) is 0 Å². The van der Waals surface area contributed by atoms with Crippen LogP contribution in [0.15, 0.2) is 0 Å². The van der Waals surface area contributed by atoms with Crippen LogP contribution in [0.25, 0.3) is 0 Å². The molecule has 5 atom stereocenters. The Labute approximate surface area is 111 Å². The van der Waals surface area contributed by atoms with E-state index in [1.54, 1.807) is 0 Å². The molecule has 0 aromatic heterocycles. The van der Waals surface area contributed by atoms with Crippen molar-refractivity contribution in [1.29, 1.82) is 0 Å². The van der Waals surface area contributed by atoms with Gasteiger partial charge in [-0.05, 0) is 19.4 Å². The fourth-order valence-corrected chi connectivity index (χ4v) is 1.69. The molecule has 8 nitrogen and oxygen atoms in total. The van der Waals surface area contributed by atoms with Crippen molar-refractivity contribution in [2.24, 2.45) is 0 Å². The number of aliphatic hydroxyl groups excluding tert-OH is 4. The van der Waals surface area contributed by atoms with Gasteiger partial charge in [0.2, 0.25) is 0 Å². The fourth-order valence-electron chi connectivity index (χ4n) is 1.69. The SMILES string of the molecule is [2H]N1CCC[C@H]1C(=O)OC[C@@H](O)[C@H](O)[C@H](O)[C@@H](O)C=O. The standard InChI is InChI=1S/C11H19NO7/c13-4-7(14)9(16)10(17)8(15)5-19-11(18)6-2-1-3-12-6/h4,6-10,12,14-17H,1-3,5H2/t6-,7-,8+,9+,10-/m0/s1/i/hD. The average molecular weight is 278 g/mol.